The number of carbonyl (C=O) groups excluding carboxylic acids is 6. The first kappa shape index (κ1) is 31.5. The van der Waals surface area contributed by atoms with Crippen LogP contribution in [0, 0.1) is 5.82 Å². The first-order chi connectivity index (χ1) is 18.2. The highest BCUT2D eigenvalue weighted by Gasteiger charge is 2.52. The molecule has 0 aromatic heterocycles. The second-order valence-corrected chi connectivity index (χ2v) is 9.52. The number of carbonyl (C=O) groups is 6. The van der Waals surface area contributed by atoms with Crippen LogP contribution in [0.4, 0.5) is 15.8 Å². The van der Waals surface area contributed by atoms with E-state index < -0.39 is 78.0 Å². The number of nitrogens with one attached hydrogen (secondary N) is 2. The Balaban J connectivity index is 2.61. The summed E-state index contributed by atoms with van der Waals surface area (Å²) in [5.74, 6) is -5.01. The molecule has 2 rings (SSSR count). The van der Waals surface area contributed by atoms with Crippen LogP contribution >= 0.6 is 11.8 Å². The van der Waals surface area contributed by atoms with Crippen molar-refractivity contribution in [1.29, 1.82) is 0 Å². The minimum Gasteiger partial charge on any atom is -0.463 e. The summed E-state index contributed by atoms with van der Waals surface area (Å²) in [4.78, 5) is 70.8. The molecule has 0 radical (unpaired) electrons. The van der Waals surface area contributed by atoms with E-state index in [4.69, 9.17) is 23.7 Å². The van der Waals surface area contributed by atoms with E-state index in [2.05, 4.69) is 10.6 Å². The summed E-state index contributed by atoms with van der Waals surface area (Å²) in [6.07, 6.45) is -5.40. The van der Waals surface area contributed by atoms with Gasteiger partial charge in [0.1, 0.15) is 24.0 Å². The molecule has 1 aromatic carbocycles. The van der Waals surface area contributed by atoms with Gasteiger partial charge in [-0.05, 0) is 12.1 Å². The molecule has 1 heterocycles. The van der Waals surface area contributed by atoms with Crippen LogP contribution in [-0.4, -0.2) is 72.2 Å². The predicted molar refractivity (Wildman–Crippen MR) is 133 cm³/mol. The maximum absolute atomic E-state index is 14.9. The molecule has 15 heteroatoms. The van der Waals surface area contributed by atoms with Crippen molar-refractivity contribution in [3.05, 3.63) is 17.9 Å². The fraction of sp³-hybridized carbons (Fsp3) is 0.500. The third kappa shape index (κ3) is 9.51. The van der Waals surface area contributed by atoms with Gasteiger partial charge in [0, 0.05) is 46.4 Å². The van der Waals surface area contributed by atoms with Crippen LogP contribution < -0.4 is 10.6 Å². The molecule has 0 aliphatic carbocycles. The van der Waals surface area contributed by atoms with Crippen molar-refractivity contribution >= 4 is 58.8 Å². The molecule has 1 fully saturated rings. The molecule has 2 amide bonds. The molecule has 39 heavy (non-hydrogen) atoms. The lowest BCUT2D eigenvalue weighted by Gasteiger charge is -2.44. The van der Waals surface area contributed by atoms with Crippen molar-refractivity contribution in [2.24, 2.45) is 0 Å². The Kier molecular flexibility index (Phi) is 11.2. The molecular formula is C24H29FN2O11S. The molecule has 214 valence electrons. The number of benzene rings is 1. The molecule has 13 nitrogen and oxygen atoms in total. The van der Waals surface area contributed by atoms with Crippen LogP contribution in [-0.2, 0) is 52.5 Å². The molecule has 1 aliphatic heterocycles. The van der Waals surface area contributed by atoms with E-state index in [9.17, 15) is 33.2 Å². The number of hydrogen-bond donors (Lipinski definition) is 2. The Labute approximate surface area is 227 Å². The molecule has 1 aromatic rings. The molecule has 0 bridgehead atoms. The maximum atomic E-state index is 14.9. The number of halogens is 1. The zero-order valence-electron chi connectivity index (χ0n) is 22.0. The molecule has 0 saturated carbocycles. The molecule has 1 saturated heterocycles. The topological polar surface area (TPSA) is 173 Å². The zero-order chi connectivity index (χ0) is 29.4. The number of thioether (sulfide) groups is 1. The standard InChI is InChI=1S/C24H29FN2O11S/c1-10(28)26-17-8-18(27-11(2)29)20(7-16(17)25)39-24-23(37-15(6)33)22(36-14(5)32)21(35-13(4)31)19(38-24)9-34-12(3)30/h7-8,19,21-24H,9H2,1-6H3,(H,26,28)(H,27,29)/t19-,21+,22+,23-,24+/m1/s1. The average molecular weight is 573 g/mol. The van der Waals surface area contributed by atoms with Gasteiger partial charge in [-0.2, -0.15) is 0 Å². The molecule has 0 unspecified atom stereocenters. The van der Waals surface area contributed by atoms with Crippen molar-refractivity contribution < 1.29 is 56.8 Å². The summed E-state index contributed by atoms with van der Waals surface area (Å²) >= 11 is 0.776. The van der Waals surface area contributed by atoms with E-state index in [1.807, 2.05) is 0 Å². The number of hydrogen-bond acceptors (Lipinski definition) is 12. The number of esters is 4. The number of anilines is 2. The van der Waals surface area contributed by atoms with Gasteiger partial charge < -0.3 is 34.3 Å². The fourth-order valence-corrected chi connectivity index (χ4v) is 4.84. The lowest BCUT2D eigenvalue weighted by Crippen LogP contribution is -2.61. The molecule has 5 atom stereocenters. The van der Waals surface area contributed by atoms with Crippen LogP contribution in [0.15, 0.2) is 17.0 Å². The van der Waals surface area contributed by atoms with E-state index in [1.165, 1.54) is 19.9 Å². The Morgan fingerprint density at radius 1 is 0.769 bits per heavy atom. The third-order valence-corrected chi connectivity index (χ3v) is 6.09. The minimum absolute atomic E-state index is 0.0745. The summed E-state index contributed by atoms with van der Waals surface area (Å²) in [6, 6.07) is 2.20. The fourth-order valence-electron chi connectivity index (χ4n) is 3.63. The first-order valence-corrected chi connectivity index (χ1v) is 12.4. The van der Waals surface area contributed by atoms with Crippen LogP contribution in [0.1, 0.15) is 41.5 Å². The highest BCUT2D eigenvalue weighted by Crippen LogP contribution is 2.41. The SMILES string of the molecule is CC(=O)Nc1cc(NC(C)=O)c(S[C@@H]2O[C@H](COC(C)=O)[C@H](OC(C)=O)[C@H](OC(C)=O)[C@H]2OC(C)=O)cc1F. The average Bonchev–Trinajstić information content (AvgIpc) is 2.77. The number of ether oxygens (including phenoxy) is 5. The second-order valence-electron chi connectivity index (χ2n) is 8.38. The number of rotatable bonds is 9. The normalized spacial score (nSPS) is 22.2. The van der Waals surface area contributed by atoms with Gasteiger partial charge in [-0.1, -0.05) is 11.8 Å². The Bertz CT molecular complexity index is 1150. The monoisotopic (exact) mass is 572 g/mol. The molecule has 0 spiro atoms. The quantitative estimate of drug-likeness (QED) is 0.326. The maximum Gasteiger partial charge on any atom is 0.303 e. The smallest absolute Gasteiger partial charge is 0.303 e. The largest absolute Gasteiger partial charge is 0.463 e. The van der Waals surface area contributed by atoms with Gasteiger partial charge in [0.15, 0.2) is 18.3 Å². The van der Waals surface area contributed by atoms with Gasteiger partial charge in [0.2, 0.25) is 11.8 Å². The van der Waals surface area contributed by atoms with Crippen LogP contribution in [0.25, 0.3) is 0 Å². The van der Waals surface area contributed by atoms with Crippen molar-refractivity contribution in [3.8, 4) is 0 Å². The van der Waals surface area contributed by atoms with E-state index >= 15 is 0 Å². The Hall–Kier alpha value is -3.72. The van der Waals surface area contributed by atoms with E-state index in [0.717, 1.165) is 45.5 Å². The van der Waals surface area contributed by atoms with Gasteiger partial charge in [-0.25, -0.2) is 4.39 Å². The van der Waals surface area contributed by atoms with Gasteiger partial charge in [0.25, 0.3) is 0 Å². The predicted octanol–water partition coefficient (Wildman–Crippen LogP) is 1.92. The van der Waals surface area contributed by atoms with Crippen molar-refractivity contribution in [1.82, 2.24) is 0 Å². The van der Waals surface area contributed by atoms with Gasteiger partial charge >= 0.3 is 23.9 Å². The highest BCUT2D eigenvalue weighted by atomic mass is 32.2. The van der Waals surface area contributed by atoms with Crippen LogP contribution in [0.5, 0.6) is 0 Å². The van der Waals surface area contributed by atoms with E-state index in [1.54, 1.807) is 0 Å². The molecule has 2 N–H and O–H groups in total. The van der Waals surface area contributed by atoms with Crippen LogP contribution in [0.2, 0.25) is 0 Å². The summed E-state index contributed by atoms with van der Waals surface area (Å²) in [7, 11) is 0. The van der Waals surface area contributed by atoms with Gasteiger partial charge in [0.05, 0.1) is 11.4 Å². The summed E-state index contributed by atoms with van der Waals surface area (Å²) in [5, 5.41) is 4.83. The summed E-state index contributed by atoms with van der Waals surface area (Å²) < 4.78 is 42.0. The Morgan fingerprint density at radius 3 is 1.79 bits per heavy atom. The summed E-state index contributed by atoms with van der Waals surface area (Å²) in [5.41, 5.74) is -1.40. The third-order valence-electron chi connectivity index (χ3n) is 4.88. The lowest BCUT2D eigenvalue weighted by atomic mass is 9.99. The first-order valence-electron chi connectivity index (χ1n) is 11.5. The summed E-state index contributed by atoms with van der Waals surface area (Å²) in [6.45, 7) is 6.35. The highest BCUT2D eigenvalue weighted by molar-refractivity contribution is 8.00. The van der Waals surface area contributed by atoms with Gasteiger partial charge in [-0.3, -0.25) is 28.8 Å². The second kappa shape index (κ2) is 13.9. The van der Waals surface area contributed by atoms with Crippen molar-refractivity contribution in [3.63, 3.8) is 0 Å². The van der Waals surface area contributed by atoms with Crippen molar-refractivity contribution in [2.75, 3.05) is 17.2 Å². The minimum atomic E-state index is -1.42. The lowest BCUT2D eigenvalue weighted by molar-refractivity contribution is -0.237. The van der Waals surface area contributed by atoms with Crippen molar-refractivity contribution in [2.45, 2.75) is 76.3 Å². The Morgan fingerprint density at radius 2 is 1.28 bits per heavy atom. The van der Waals surface area contributed by atoms with E-state index in [-0.39, 0.29) is 16.3 Å². The zero-order valence-corrected chi connectivity index (χ0v) is 22.8. The molecular weight excluding hydrogens is 543 g/mol. The molecule has 1 aliphatic rings. The van der Waals surface area contributed by atoms with E-state index in [0.29, 0.717) is 0 Å². The van der Waals surface area contributed by atoms with Gasteiger partial charge in [-0.15, -0.1) is 0 Å². The van der Waals surface area contributed by atoms with Crippen LogP contribution in [0.3, 0.4) is 0 Å². The number of amides is 2.